The van der Waals surface area contributed by atoms with Crippen LogP contribution in [0.1, 0.15) is 36.1 Å². The van der Waals surface area contributed by atoms with Gasteiger partial charge in [-0.15, -0.1) is 0 Å². The molecule has 1 aliphatic rings. The summed E-state index contributed by atoms with van der Waals surface area (Å²) >= 11 is 0. The Kier molecular flexibility index (Phi) is 3.83. The van der Waals surface area contributed by atoms with E-state index in [9.17, 15) is 4.39 Å². The van der Waals surface area contributed by atoms with Gasteiger partial charge in [0.2, 0.25) is 0 Å². The van der Waals surface area contributed by atoms with Gasteiger partial charge in [0.25, 0.3) is 0 Å². The lowest BCUT2D eigenvalue weighted by Crippen LogP contribution is -2.36. The molecule has 2 aromatic rings. The zero-order valence-electron chi connectivity index (χ0n) is 11.8. The van der Waals surface area contributed by atoms with Crippen molar-refractivity contribution in [3.05, 3.63) is 71.0 Å². The highest BCUT2D eigenvalue weighted by Crippen LogP contribution is 2.23. The van der Waals surface area contributed by atoms with E-state index in [2.05, 4.69) is 36.5 Å². The molecule has 2 atom stereocenters. The van der Waals surface area contributed by atoms with Gasteiger partial charge in [-0.2, -0.15) is 0 Å². The average Bonchev–Trinajstić information content (AvgIpc) is 2.48. The number of benzene rings is 2. The van der Waals surface area contributed by atoms with Crippen LogP contribution in [0.5, 0.6) is 0 Å². The second-order valence-corrected chi connectivity index (χ2v) is 5.65. The van der Waals surface area contributed by atoms with Gasteiger partial charge in [0.1, 0.15) is 5.82 Å². The van der Waals surface area contributed by atoms with Crippen LogP contribution in [0.4, 0.5) is 4.39 Å². The first-order valence-corrected chi connectivity index (χ1v) is 7.30. The molecule has 0 heterocycles. The summed E-state index contributed by atoms with van der Waals surface area (Å²) in [5.74, 6) is -0.174. The van der Waals surface area contributed by atoms with Gasteiger partial charge in [0.15, 0.2) is 0 Å². The SMILES string of the molecule is CC(NC1CCc2ccccc2C1)c1ccc(F)cc1. The van der Waals surface area contributed by atoms with Crippen molar-refractivity contribution in [2.24, 2.45) is 0 Å². The fourth-order valence-electron chi connectivity index (χ4n) is 3.04. The summed E-state index contributed by atoms with van der Waals surface area (Å²) in [6.45, 7) is 2.15. The molecule has 0 saturated heterocycles. The highest BCUT2D eigenvalue weighted by atomic mass is 19.1. The molecule has 20 heavy (non-hydrogen) atoms. The molecule has 0 fully saturated rings. The van der Waals surface area contributed by atoms with Crippen LogP contribution in [0.3, 0.4) is 0 Å². The number of aryl methyl sites for hydroxylation is 1. The van der Waals surface area contributed by atoms with Crippen LogP contribution in [-0.4, -0.2) is 6.04 Å². The Bertz CT molecular complexity index is 576. The van der Waals surface area contributed by atoms with Gasteiger partial charge in [-0.25, -0.2) is 4.39 Å². The molecule has 1 nitrogen and oxygen atoms in total. The Morgan fingerprint density at radius 3 is 2.50 bits per heavy atom. The van der Waals surface area contributed by atoms with E-state index in [0.29, 0.717) is 6.04 Å². The van der Waals surface area contributed by atoms with Crippen molar-refractivity contribution in [3.63, 3.8) is 0 Å². The number of halogens is 1. The molecule has 1 aliphatic carbocycles. The molecule has 2 aromatic carbocycles. The van der Waals surface area contributed by atoms with Gasteiger partial charge in [-0.1, -0.05) is 36.4 Å². The van der Waals surface area contributed by atoms with E-state index in [1.807, 2.05) is 12.1 Å². The summed E-state index contributed by atoms with van der Waals surface area (Å²) in [4.78, 5) is 0. The minimum absolute atomic E-state index is 0.174. The van der Waals surface area contributed by atoms with E-state index in [0.717, 1.165) is 18.4 Å². The van der Waals surface area contributed by atoms with E-state index < -0.39 is 0 Å². The summed E-state index contributed by atoms with van der Waals surface area (Å²) in [5, 5.41) is 3.67. The largest absolute Gasteiger partial charge is 0.307 e. The quantitative estimate of drug-likeness (QED) is 0.887. The van der Waals surface area contributed by atoms with Crippen molar-refractivity contribution in [2.45, 2.75) is 38.3 Å². The normalized spacial score (nSPS) is 19.4. The fourth-order valence-corrected chi connectivity index (χ4v) is 3.04. The van der Waals surface area contributed by atoms with Gasteiger partial charge in [-0.05, 0) is 55.0 Å². The van der Waals surface area contributed by atoms with Crippen LogP contribution < -0.4 is 5.32 Å². The Labute approximate surface area is 119 Å². The zero-order valence-corrected chi connectivity index (χ0v) is 11.8. The van der Waals surface area contributed by atoms with Crippen molar-refractivity contribution < 1.29 is 4.39 Å². The number of hydrogen-bond acceptors (Lipinski definition) is 1. The topological polar surface area (TPSA) is 12.0 Å². The molecule has 0 bridgehead atoms. The van der Waals surface area contributed by atoms with E-state index in [1.54, 1.807) is 0 Å². The van der Waals surface area contributed by atoms with Gasteiger partial charge < -0.3 is 5.32 Å². The molecule has 104 valence electrons. The molecule has 0 aromatic heterocycles. The summed E-state index contributed by atoms with van der Waals surface area (Å²) < 4.78 is 13.0. The fraction of sp³-hybridized carbons (Fsp3) is 0.333. The Morgan fingerprint density at radius 2 is 1.75 bits per heavy atom. The number of rotatable bonds is 3. The van der Waals surface area contributed by atoms with Gasteiger partial charge in [-0.3, -0.25) is 0 Å². The summed E-state index contributed by atoms with van der Waals surface area (Å²) in [6, 6.07) is 16.2. The lowest BCUT2D eigenvalue weighted by atomic mass is 9.88. The molecule has 2 unspecified atom stereocenters. The van der Waals surface area contributed by atoms with E-state index in [4.69, 9.17) is 0 Å². The predicted octanol–water partition coefficient (Wildman–Crippen LogP) is 4.03. The number of hydrogen-bond donors (Lipinski definition) is 1. The van der Waals surface area contributed by atoms with Crippen LogP contribution in [0.25, 0.3) is 0 Å². The molecule has 0 spiro atoms. The third kappa shape index (κ3) is 2.91. The Balaban J connectivity index is 1.66. The molecular formula is C18H20FN. The van der Waals surface area contributed by atoms with Crippen molar-refractivity contribution in [3.8, 4) is 0 Å². The second kappa shape index (κ2) is 5.76. The van der Waals surface area contributed by atoms with E-state index >= 15 is 0 Å². The third-order valence-corrected chi connectivity index (χ3v) is 4.20. The van der Waals surface area contributed by atoms with Crippen molar-refractivity contribution in [2.75, 3.05) is 0 Å². The van der Waals surface area contributed by atoms with Crippen LogP contribution in [0, 0.1) is 5.82 Å². The Hall–Kier alpha value is -1.67. The van der Waals surface area contributed by atoms with Gasteiger partial charge in [0.05, 0.1) is 0 Å². The first-order valence-electron chi connectivity index (χ1n) is 7.30. The van der Waals surface area contributed by atoms with Crippen molar-refractivity contribution >= 4 is 0 Å². The minimum Gasteiger partial charge on any atom is -0.307 e. The average molecular weight is 269 g/mol. The molecule has 0 amide bonds. The molecular weight excluding hydrogens is 249 g/mol. The summed E-state index contributed by atoms with van der Waals surface area (Å²) in [5.41, 5.74) is 4.09. The molecule has 3 rings (SSSR count). The molecule has 2 heteroatoms. The van der Waals surface area contributed by atoms with Crippen molar-refractivity contribution in [1.82, 2.24) is 5.32 Å². The lowest BCUT2D eigenvalue weighted by Gasteiger charge is -2.28. The molecule has 0 aliphatic heterocycles. The first-order chi connectivity index (χ1) is 9.72. The van der Waals surface area contributed by atoms with E-state index in [-0.39, 0.29) is 11.9 Å². The third-order valence-electron chi connectivity index (χ3n) is 4.20. The maximum Gasteiger partial charge on any atom is 0.123 e. The van der Waals surface area contributed by atoms with Gasteiger partial charge >= 0.3 is 0 Å². The Morgan fingerprint density at radius 1 is 1.05 bits per heavy atom. The molecule has 1 N–H and O–H groups in total. The smallest absolute Gasteiger partial charge is 0.123 e. The van der Waals surface area contributed by atoms with Crippen LogP contribution in [0.2, 0.25) is 0 Å². The van der Waals surface area contributed by atoms with Crippen molar-refractivity contribution in [1.29, 1.82) is 0 Å². The molecule has 0 radical (unpaired) electrons. The summed E-state index contributed by atoms with van der Waals surface area (Å²) in [7, 11) is 0. The highest BCUT2D eigenvalue weighted by molar-refractivity contribution is 5.30. The van der Waals surface area contributed by atoms with Gasteiger partial charge in [0, 0.05) is 12.1 Å². The first kappa shape index (κ1) is 13.3. The maximum absolute atomic E-state index is 13.0. The van der Waals surface area contributed by atoms with E-state index in [1.165, 1.54) is 29.7 Å². The maximum atomic E-state index is 13.0. The molecule has 0 saturated carbocycles. The minimum atomic E-state index is -0.174. The number of nitrogens with one attached hydrogen (secondary N) is 1. The predicted molar refractivity (Wildman–Crippen MR) is 80.2 cm³/mol. The standard InChI is InChI=1S/C18H20FN/c1-13(14-6-9-17(19)10-7-14)20-18-11-8-15-4-2-3-5-16(15)12-18/h2-7,9-10,13,18,20H,8,11-12H2,1H3. The lowest BCUT2D eigenvalue weighted by molar-refractivity contribution is 0.413. The van der Waals surface area contributed by atoms with Crippen LogP contribution in [-0.2, 0) is 12.8 Å². The van der Waals surface area contributed by atoms with Crippen LogP contribution in [0.15, 0.2) is 48.5 Å². The monoisotopic (exact) mass is 269 g/mol. The second-order valence-electron chi connectivity index (χ2n) is 5.65. The zero-order chi connectivity index (χ0) is 13.9. The summed E-state index contributed by atoms with van der Waals surface area (Å²) in [6.07, 6.45) is 3.40. The number of fused-ring (bicyclic) bond motifs is 1. The van der Waals surface area contributed by atoms with Crippen LogP contribution >= 0.6 is 0 Å². The highest BCUT2D eigenvalue weighted by Gasteiger charge is 2.19.